The van der Waals surface area contributed by atoms with Crippen molar-refractivity contribution >= 4 is 11.7 Å². The Morgan fingerprint density at radius 2 is 1.72 bits per heavy atom. The van der Waals surface area contributed by atoms with Crippen molar-refractivity contribution in [3.63, 3.8) is 0 Å². The molecule has 1 unspecified atom stereocenters. The average Bonchev–Trinajstić information content (AvgIpc) is 2.79. The van der Waals surface area contributed by atoms with E-state index in [9.17, 15) is 14.0 Å². The van der Waals surface area contributed by atoms with Gasteiger partial charge in [0.05, 0.1) is 0 Å². The Morgan fingerprint density at radius 1 is 0.966 bits per heavy atom. The predicted octanol–water partition coefficient (Wildman–Crippen LogP) is 4.62. The second-order valence-electron chi connectivity index (χ2n) is 7.25. The highest BCUT2D eigenvalue weighted by Gasteiger charge is 2.29. The van der Waals surface area contributed by atoms with E-state index in [0.29, 0.717) is 36.2 Å². The molecular formula is C24H21FN2O2. The quantitative estimate of drug-likeness (QED) is 0.613. The fourth-order valence-corrected chi connectivity index (χ4v) is 3.81. The van der Waals surface area contributed by atoms with Crippen molar-refractivity contribution in [1.82, 2.24) is 9.88 Å². The molecule has 1 aliphatic heterocycles. The summed E-state index contributed by atoms with van der Waals surface area (Å²) in [6.45, 7) is 0.967. The molecule has 2 aromatic carbocycles. The Hall–Kier alpha value is -3.34. The lowest BCUT2D eigenvalue weighted by molar-refractivity contribution is 0.0636. The summed E-state index contributed by atoms with van der Waals surface area (Å²) in [5.41, 5.74) is 2.16. The van der Waals surface area contributed by atoms with Crippen LogP contribution in [-0.2, 0) is 0 Å². The van der Waals surface area contributed by atoms with E-state index in [2.05, 4.69) is 4.98 Å². The number of pyridine rings is 1. The highest BCUT2D eigenvalue weighted by atomic mass is 19.1. The van der Waals surface area contributed by atoms with Crippen LogP contribution < -0.4 is 0 Å². The Morgan fingerprint density at radius 3 is 2.45 bits per heavy atom. The van der Waals surface area contributed by atoms with Crippen LogP contribution in [0.4, 0.5) is 4.39 Å². The van der Waals surface area contributed by atoms with E-state index in [1.165, 1.54) is 6.07 Å². The summed E-state index contributed by atoms with van der Waals surface area (Å²) in [6, 6.07) is 17.2. The number of benzene rings is 2. The highest BCUT2D eigenvalue weighted by molar-refractivity contribution is 5.99. The number of ketones is 1. The van der Waals surface area contributed by atoms with Crippen molar-refractivity contribution in [3.05, 3.63) is 90.0 Å². The van der Waals surface area contributed by atoms with E-state index in [-0.39, 0.29) is 17.6 Å². The number of carbonyl (C=O) groups excluding carboxylic acids is 2. The largest absolute Gasteiger partial charge is 0.338 e. The van der Waals surface area contributed by atoms with Crippen LogP contribution in [-0.4, -0.2) is 34.7 Å². The average molecular weight is 388 g/mol. The number of hydrogen-bond acceptors (Lipinski definition) is 3. The van der Waals surface area contributed by atoms with Gasteiger partial charge in [-0.1, -0.05) is 42.5 Å². The fraction of sp³-hybridized carbons (Fsp3) is 0.208. The van der Waals surface area contributed by atoms with Crippen molar-refractivity contribution in [2.24, 2.45) is 5.92 Å². The van der Waals surface area contributed by atoms with Gasteiger partial charge in [0.25, 0.3) is 5.91 Å². The molecule has 0 N–H and O–H groups in total. The second-order valence-corrected chi connectivity index (χ2v) is 7.25. The van der Waals surface area contributed by atoms with Crippen molar-refractivity contribution in [3.8, 4) is 11.1 Å². The van der Waals surface area contributed by atoms with E-state index in [1.807, 2.05) is 30.3 Å². The molecule has 146 valence electrons. The van der Waals surface area contributed by atoms with Gasteiger partial charge in [0.15, 0.2) is 5.78 Å². The molecular weight excluding hydrogens is 367 g/mol. The molecule has 29 heavy (non-hydrogen) atoms. The second kappa shape index (κ2) is 8.35. The van der Waals surface area contributed by atoms with Gasteiger partial charge >= 0.3 is 0 Å². The SMILES string of the molecule is O=C(c1ccc(-c2ccccc2)c(F)c1)C1CCCN(C(=O)c2ccncc2)C1. The van der Waals surface area contributed by atoms with Gasteiger partial charge in [0.1, 0.15) is 5.82 Å². The van der Waals surface area contributed by atoms with E-state index < -0.39 is 5.82 Å². The maximum absolute atomic E-state index is 14.7. The Kier molecular flexibility index (Phi) is 5.47. The first-order valence-electron chi connectivity index (χ1n) is 9.72. The normalized spacial score (nSPS) is 16.4. The molecule has 1 aliphatic rings. The molecule has 0 bridgehead atoms. The summed E-state index contributed by atoms with van der Waals surface area (Å²) in [6.07, 6.45) is 4.60. The molecule has 1 atom stereocenters. The predicted molar refractivity (Wildman–Crippen MR) is 109 cm³/mol. The standard InChI is InChI=1S/C24H21FN2O2/c25-22-15-19(8-9-21(22)17-5-2-1-3-6-17)23(28)20-7-4-14-27(16-20)24(29)18-10-12-26-13-11-18/h1-3,5-6,8-13,15,20H,4,7,14,16H2. The maximum atomic E-state index is 14.7. The molecule has 3 aromatic rings. The third-order valence-electron chi connectivity index (χ3n) is 5.35. The van der Waals surface area contributed by atoms with Gasteiger partial charge in [-0.3, -0.25) is 14.6 Å². The van der Waals surface area contributed by atoms with Crippen LogP contribution in [0, 0.1) is 11.7 Å². The third-order valence-corrected chi connectivity index (χ3v) is 5.35. The number of halogens is 1. The van der Waals surface area contributed by atoms with Gasteiger partial charge < -0.3 is 4.90 Å². The van der Waals surface area contributed by atoms with Crippen LogP contribution in [0.3, 0.4) is 0 Å². The Balaban J connectivity index is 1.50. The minimum Gasteiger partial charge on any atom is -0.338 e. The van der Waals surface area contributed by atoms with Gasteiger partial charge in [-0.05, 0) is 36.6 Å². The maximum Gasteiger partial charge on any atom is 0.253 e. The summed E-state index contributed by atoms with van der Waals surface area (Å²) < 4.78 is 14.7. The molecule has 1 amide bonds. The summed E-state index contributed by atoms with van der Waals surface area (Å²) >= 11 is 0. The van der Waals surface area contributed by atoms with Gasteiger partial charge in [-0.25, -0.2) is 4.39 Å². The van der Waals surface area contributed by atoms with Crippen LogP contribution in [0.1, 0.15) is 33.6 Å². The molecule has 1 aromatic heterocycles. The molecule has 4 nitrogen and oxygen atoms in total. The summed E-state index contributed by atoms with van der Waals surface area (Å²) in [4.78, 5) is 31.3. The number of Topliss-reactive ketones (excluding diaryl/α,β-unsaturated/α-hetero) is 1. The molecule has 0 spiro atoms. The fourth-order valence-electron chi connectivity index (χ4n) is 3.81. The van der Waals surface area contributed by atoms with Crippen molar-refractivity contribution in [1.29, 1.82) is 0 Å². The first kappa shape index (κ1) is 19.0. The topological polar surface area (TPSA) is 50.3 Å². The summed E-state index contributed by atoms with van der Waals surface area (Å²) in [7, 11) is 0. The molecule has 5 heteroatoms. The summed E-state index contributed by atoms with van der Waals surface area (Å²) in [5, 5.41) is 0. The molecule has 1 saturated heterocycles. The number of carbonyl (C=O) groups is 2. The van der Waals surface area contributed by atoms with Gasteiger partial charge in [0, 0.05) is 48.1 Å². The van der Waals surface area contributed by atoms with Crippen molar-refractivity contribution in [2.45, 2.75) is 12.8 Å². The number of nitrogens with zero attached hydrogens (tertiary/aromatic N) is 2. The molecule has 0 saturated carbocycles. The molecule has 1 fully saturated rings. The molecule has 4 rings (SSSR count). The zero-order valence-corrected chi connectivity index (χ0v) is 15.9. The molecule has 2 heterocycles. The van der Waals surface area contributed by atoms with Crippen LogP contribution in [0.5, 0.6) is 0 Å². The van der Waals surface area contributed by atoms with E-state index in [1.54, 1.807) is 41.6 Å². The monoisotopic (exact) mass is 388 g/mol. The third kappa shape index (κ3) is 4.09. The zero-order valence-electron chi connectivity index (χ0n) is 15.9. The number of rotatable bonds is 4. The zero-order chi connectivity index (χ0) is 20.2. The molecule has 0 radical (unpaired) electrons. The minimum absolute atomic E-state index is 0.101. The van der Waals surface area contributed by atoms with Gasteiger partial charge in [-0.15, -0.1) is 0 Å². The Bertz CT molecular complexity index is 1020. The van der Waals surface area contributed by atoms with Crippen molar-refractivity contribution < 1.29 is 14.0 Å². The number of aromatic nitrogens is 1. The number of amides is 1. The number of hydrogen-bond donors (Lipinski definition) is 0. The van der Waals surface area contributed by atoms with Crippen molar-refractivity contribution in [2.75, 3.05) is 13.1 Å². The molecule has 0 aliphatic carbocycles. The van der Waals surface area contributed by atoms with Crippen LogP contribution in [0.25, 0.3) is 11.1 Å². The van der Waals surface area contributed by atoms with E-state index in [0.717, 1.165) is 12.0 Å². The van der Waals surface area contributed by atoms with Gasteiger partial charge in [-0.2, -0.15) is 0 Å². The smallest absolute Gasteiger partial charge is 0.253 e. The lowest BCUT2D eigenvalue weighted by atomic mass is 9.89. The Labute approximate surface area is 169 Å². The lowest BCUT2D eigenvalue weighted by Gasteiger charge is -2.32. The van der Waals surface area contributed by atoms with Gasteiger partial charge in [0.2, 0.25) is 0 Å². The number of likely N-dealkylation sites (tertiary alicyclic amines) is 1. The first-order valence-corrected chi connectivity index (χ1v) is 9.72. The minimum atomic E-state index is -0.414. The number of piperidine rings is 1. The van der Waals surface area contributed by atoms with Crippen LogP contribution in [0.15, 0.2) is 73.1 Å². The van der Waals surface area contributed by atoms with E-state index >= 15 is 0 Å². The van der Waals surface area contributed by atoms with Crippen LogP contribution >= 0.6 is 0 Å². The van der Waals surface area contributed by atoms with Crippen LogP contribution in [0.2, 0.25) is 0 Å². The lowest BCUT2D eigenvalue weighted by Crippen LogP contribution is -2.42. The highest BCUT2D eigenvalue weighted by Crippen LogP contribution is 2.27. The first-order chi connectivity index (χ1) is 14.1. The summed E-state index contributed by atoms with van der Waals surface area (Å²) in [5.74, 6) is -0.953. The van der Waals surface area contributed by atoms with E-state index in [4.69, 9.17) is 0 Å².